The van der Waals surface area contributed by atoms with Crippen LogP contribution >= 0.6 is 0 Å². The number of hydrogen-bond acceptors (Lipinski definition) is 6. The van der Waals surface area contributed by atoms with Gasteiger partial charge in [0.2, 0.25) is 5.91 Å². The number of aliphatic hydroxyl groups is 1. The second-order valence-electron chi connectivity index (χ2n) is 5.06. The van der Waals surface area contributed by atoms with E-state index >= 15 is 0 Å². The van der Waals surface area contributed by atoms with Crippen molar-refractivity contribution in [3.63, 3.8) is 0 Å². The molecule has 0 unspecified atom stereocenters. The van der Waals surface area contributed by atoms with Gasteiger partial charge in [-0.3, -0.25) is 4.79 Å². The van der Waals surface area contributed by atoms with Gasteiger partial charge < -0.3 is 35.1 Å². The van der Waals surface area contributed by atoms with E-state index in [2.05, 4.69) is 5.32 Å². The van der Waals surface area contributed by atoms with Crippen LogP contribution in [0.5, 0.6) is 11.5 Å². The predicted molar refractivity (Wildman–Crippen MR) is 80.1 cm³/mol. The molecule has 0 bridgehead atoms. The van der Waals surface area contributed by atoms with Crippen LogP contribution in [-0.2, 0) is 9.59 Å². The molecular weight excluding hydrogens is 304 g/mol. The number of carbonyl (C=O) groups is 2. The zero-order valence-corrected chi connectivity index (χ0v) is 13.4. The van der Waals surface area contributed by atoms with Crippen molar-refractivity contribution >= 4 is 17.6 Å². The molecule has 128 valence electrons. The topological polar surface area (TPSA) is 125 Å². The molecule has 23 heavy (non-hydrogen) atoms. The number of benzene rings is 1. The van der Waals surface area contributed by atoms with Crippen LogP contribution in [0.2, 0.25) is 0 Å². The molecule has 1 rings (SSSR count). The fourth-order valence-corrected chi connectivity index (χ4v) is 1.94. The van der Waals surface area contributed by atoms with E-state index in [9.17, 15) is 19.8 Å². The molecule has 1 amide bonds. The van der Waals surface area contributed by atoms with Crippen LogP contribution in [0.4, 0.5) is 5.69 Å². The first-order chi connectivity index (χ1) is 10.9. The van der Waals surface area contributed by atoms with E-state index in [-0.39, 0.29) is 13.0 Å². The molecule has 0 aliphatic heterocycles. The number of amides is 1. The van der Waals surface area contributed by atoms with E-state index in [1.54, 1.807) is 18.2 Å². The van der Waals surface area contributed by atoms with Gasteiger partial charge in [-0.1, -0.05) is 0 Å². The summed E-state index contributed by atoms with van der Waals surface area (Å²) in [7, 11) is 2.95. The molecule has 0 aromatic heterocycles. The highest BCUT2D eigenvalue weighted by molar-refractivity contribution is 5.94. The molecular formula is C15H22N2O6. The average molecular weight is 326 g/mol. The lowest BCUT2D eigenvalue weighted by Crippen LogP contribution is -2.94. The van der Waals surface area contributed by atoms with Gasteiger partial charge in [0.25, 0.3) is 0 Å². The SMILES string of the molecule is COc1ccc(OC)c(NC(=O)C[C@H]([NH2+]C[C@H](C)O)C(=O)[O-])c1. The van der Waals surface area contributed by atoms with Crippen LogP contribution in [-0.4, -0.2) is 49.9 Å². The highest BCUT2D eigenvalue weighted by atomic mass is 16.5. The number of aliphatic carboxylic acids is 1. The van der Waals surface area contributed by atoms with Gasteiger partial charge in [-0.15, -0.1) is 0 Å². The number of rotatable bonds is 9. The summed E-state index contributed by atoms with van der Waals surface area (Å²) in [6.45, 7) is 1.69. The van der Waals surface area contributed by atoms with Crippen LogP contribution in [0, 0.1) is 0 Å². The maximum atomic E-state index is 12.1. The van der Waals surface area contributed by atoms with E-state index in [4.69, 9.17) is 9.47 Å². The number of aliphatic hydroxyl groups excluding tert-OH is 1. The van der Waals surface area contributed by atoms with Crippen LogP contribution in [0.1, 0.15) is 13.3 Å². The monoisotopic (exact) mass is 326 g/mol. The lowest BCUT2D eigenvalue weighted by Gasteiger charge is -2.18. The van der Waals surface area contributed by atoms with Gasteiger partial charge in [0, 0.05) is 6.07 Å². The first-order valence-electron chi connectivity index (χ1n) is 7.11. The van der Waals surface area contributed by atoms with Crippen LogP contribution in [0.25, 0.3) is 0 Å². The van der Waals surface area contributed by atoms with Gasteiger partial charge in [0.05, 0.1) is 38.4 Å². The molecule has 0 spiro atoms. The number of nitrogens with one attached hydrogen (secondary N) is 1. The molecule has 0 fully saturated rings. The summed E-state index contributed by atoms with van der Waals surface area (Å²) in [5, 5.41) is 24.2. The van der Waals surface area contributed by atoms with Gasteiger partial charge in [-0.25, -0.2) is 0 Å². The largest absolute Gasteiger partial charge is 0.544 e. The van der Waals surface area contributed by atoms with Gasteiger partial charge in [-0.05, 0) is 19.1 Å². The maximum Gasteiger partial charge on any atom is 0.230 e. The third kappa shape index (κ3) is 6.13. The van der Waals surface area contributed by atoms with Gasteiger partial charge in [0.15, 0.2) is 0 Å². The van der Waals surface area contributed by atoms with Crippen molar-refractivity contribution in [2.75, 3.05) is 26.1 Å². The van der Waals surface area contributed by atoms with Gasteiger partial charge >= 0.3 is 0 Å². The minimum Gasteiger partial charge on any atom is -0.544 e. The molecule has 0 aliphatic rings. The zero-order valence-electron chi connectivity index (χ0n) is 13.4. The van der Waals surface area contributed by atoms with Crippen molar-refractivity contribution in [3.8, 4) is 11.5 Å². The number of quaternary nitrogens is 1. The Labute approximate surface area is 134 Å². The fraction of sp³-hybridized carbons (Fsp3) is 0.467. The first kappa shape index (κ1) is 18.7. The highest BCUT2D eigenvalue weighted by Crippen LogP contribution is 2.28. The molecule has 0 saturated carbocycles. The Bertz CT molecular complexity index is 547. The highest BCUT2D eigenvalue weighted by Gasteiger charge is 2.20. The van der Waals surface area contributed by atoms with Crippen LogP contribution in [0.15, 0.2) is 18.2 Å². The third-order valence-corrected chi connectivity index (χ3v) is 3.15. The van der Waals surface area contributed by atoms with E-state index in [0.717, 1.165) is 0 Å². The Hall–Kier alpha value is -2.32. The van der Waals surface area contributed by atoms with Crippen molar-refractivity contribution in [3.05, 3.63) is 18.2 Å². The minimum absolute atomic E-state index is 0.161. The van der Waals surface area contributed by atoms with Gasteiger partial charge in [0.1, 0.15) is 24.1 Å². The van der Waals surface area contributed by atoms with Crippen LogP contribution in [0.3, 0.4) is 0 Å². The number of nitrogens with two attached hydrogens (primary N) is 1. The van der Waals surface area contributed by atoms with Crippen molar-refractivity contribution in [2.45, 2.75) is 25.5 Å². The zero-order chi connectivity index (χ0) is 17.4. The summed E-state index contributed by atoms with van der Waals surface area (Å²) in [6, 6.07) is 3.80. The molecule has 0 saturated heterocycles. The summed E-state index contributed by atoms with van der Waals surface area (Å²) in [6.07, 6.45) is -0.978. The van der Waals surface area contributed by atoms with Crippen molar-refractivity contribution in [1.82, 2.24) is 0 Å². The summed E-state index contributed by atoms with van der Waals surface area (Å²) in [5.74, 6) is -0.915. The normalized spacial score (nSPS) is 13.0. The second kappa shape index (κ2) is 8.96. The van der Waals surface area contributed by atoms with E-state index in [1.165, 1.54) is 26.5 Å². The summed E-state index contributed by atoms with van der Waals surface area (Å²) in [4.78, 5) is 23.1. The lowest BCUT2D eigenvalue weighted by atomic mass is 10.2. The first-order valence-corrected chi connectivity index (χ1v) is 7.11. The third-order valence-electron chi connectivity index (χ3n) is 3.15. The molecule has 1 aromatic rings. The van der Waals surface area contributed by atoms with E-state index < -0.39 is 24.0 Å². The summed E-state index contributed by atoms with van der Waals surface area (Å²) < 4.78 is 10.2. The Morgan fingerprint density at radius 1 is 1.35 bits per heavy atom. The van der Waals surface area contributed by atoms with E-state index in [0.29, 0.717) is 17.2 Å². The number of carboxylic acids is 1. The number of methoxy groups -OCH3 is 2. The molecule has 0 aliphatic carbocycles. The fourth-order valence-electron chi connectivity index (χ4n) is 1.94. The quantitative estimate of drug-likeness (QED) is 0.487. The minimum atomic E-state index is -1.36. The molecule has 2 atom stereocenters. The molecule has 1 aromatic carbocycles. The molecule has 8 nitrogen and oxygen atoms in total. The number of anilines is 1. The predicted octanol–water partition coefficient (Wildman–Crippen LogP) is -1.90. The standard InChI is InChI=1S/C15H22N2O6/c1-9(18)8-16-12(15(20)21)7-14(19)17-11-6-10(22-2)4-5-13(11)23-3/h4-6,9,12,16,18H,7-8H2,1-3H3,(H,17,19)(H,20,21)/t9-,12-/m0/s1. The summed E-state index contributed by atoms with van der Waals surface area (Å²) in [5.41, 5.74) is 0.379. The van der Waals surface area contributed by atoms with Gasteiger partial charge in [-0.2, -0.15) is 0 Å². The number of hydrogen-bond donors (Lipinski definition) is 3. The Morgan fingerprint density at radius 3 is 2.57 bits per heavy atom. The second-order valence-corrected chi connectivity index (χ2v) is 5.06. The van der Waals surface area contributed by atoms with Crippen molar-refractivity contribution in [1.29, 1.82) is 0 Å². The van der Waals surface area contributed by atoms with E-state index in [1.807, 2.05) is 0 Å². The summed E-state index contributed by atoms with van der Waals surface area (Å²) >= 11 is 0. The Kier molecular flexibility index (Phi) is 7.30. The lowest BCUT2D eigenvalue weighted by molar-refractivity contribution is -0.687. The molecule has 0 radical (unpaired) electrons. The Morgan fingerprint density at radius 2 is 2.04 bits per heavy atom. The smallest absolute Gasteiger partial charge is 0.230 e. The molecule has 8 heteroatoms. The average Bonchev–Trinajstić information content (AvgIpc) is 2.50. The van der Waals surface area contributed by atoms with Crippen molar-refractivity contribution in [2.24, 2.45) is 0 Å². The number of carbonyl (C=O) groups excluding carboxylic acids is 2. The number of ether oxygens (including phenoxy) is 2. The number of carboxylic acid groups (broad SMARTS) is 1. The Balaban J connectivity index is 2.75. The maximum absolute atomic E-state index is 12.1. The van der Waals surface area contributed by atoms with Crippen molar-refractivity contribution < 1.29 is 34.6 Å². The molecule has 0 heterocycles. The van der Waals surface area contributed by atoms with Crippen LogP contribution < -0.4 is 25.2 Å². The molecule has 4 N–H and O–H groups in total.